The van der Waals surface area contributed by atoms with E-state index in [0.717, 1.165) is 11.3 Å². The van der Waals surface area contributed by atoms with Gasteiger partial charge in [0.05, 0.1) is 17.1 Å². The van der Waals surface area contributed by atoms with Crippen molar-refractivity contribution in [2.45, 2.75) is 13.5 Å². The summed E-state index contributed by atoms with van der Waals surface area (Å²) in [7, 11) is 0. The Labute approximate surface area is 171 Å². The zero-order chi connectivity index (χ0) is 20.2. The third-order valence-electron chi connectivity index (χ3n) is 4.28. The molecule has 7 heteroatoms. The average molecular weight is 402 g/mol. The Balaban J connectivity index is 1.69. The maximum atomic E-state index is 13.2. The molecule has 0 unspecified atom stereocenters. The van der Waals surface area contributed by atoms with E-state index in [2.05, 4.69) is 10.1 Å². The molecule has 0 saturated carbocycles. The molecule has 0 fully saturated rings. The van der Waals surface area contributed by atoms with Gasteiger partial charge in [0, 0.05) is 17.0 Å². The molecule has 2 aromatic carbocycles. The molecule has 0 radical (unpaired) electrons. The fourth-order valence-electron chi connectivity index (χ4n) is 2.91. The van der Waals surface area contributed by atoms with Crippen LogP contribution in [0.3, 0.4) is 0 Å². The zero-order valence-electron chi connectivity index (χ0n) is 15.7. The summed E-state index contributed by atoms with van der Waals surface area (Å²) < 4.78 is 1.20. The summed E-state index contributed by atoms with van der Waals surface area (Å²) in [5.41, 5.74) is 2.71. The summed E-state index contributed by atoms with van der Waals surface area (Å²) in [5, 5.41) is 6.85. The number of hydrogen-bond donors (Lipinski definition) is 0. The predicted molar refractivity (Wildman–Crippen MR) is 114 cm³/mol. The summed E-state index contributed by atoms with van der Waals surface area (Å²) in [6, 6.07) is 21.9. The summed E-state index contributed by atoms with van der Waals surface area (Å²) in [6.45, 7) is 1.69. The van der Waals surface area contributed by atoms with Gasteiger partial charge in [0.15, 0.2) is 5.13 Å². The van der Waals surface area contributed by atoms with Gasteiger partial charge in [-0.15, -0.1) is 11.3 Å². The maximum Gasteiger partial charge on any atom is 0.267 e. The van der Waals surface area contributed by atoms with E-state index < -0.39 is 0 Å². The fraction of sp³-hybridized carbons (Fsp3) is 0.0909. The second-order valence-electron chi connectivity index (χ2n) is 6.42. The Morgan fingerprint density at radius 2 is 1.69 bits per heavy atom. The fourth-order valence-corrected chi connectivity index (χ4v) is 3.74. The molecule has 0 bridgehead atoms. The van der Waals surface area contributed by atoms with Crippen LogP contribution >= 0.6 is 11.3 Å². The van der Waals surface area contributed by atoms with E-state index in [4.69, 9.17) is 0 Å². The number of nitrogens with zero attached hydrogens (tertiary/aromatic N) is 4. The lowest BCUT2D eigenvalue weighted by Gasteiger charge is -2.20. The smallest absolute Gasteiger partial charge is 0.267 e. The summed E-state index contributed by atoms with van der Waals surface area (Å²) in [5.74, 6) is -0.287. The van der Waals surface area contributed by atoms with Crippen molar-refractivity contribution >= 4 is 28.1 Å². The minimum Gasteiger partial charge on any atom is -0.272 e. The lowest BCUT2D eigenvalue weighted by atomic mass is 10.1. The standard InChI is InChI=1S/C22H18N4O2S/c1-16-15-29-22(23-16)26(18-10-6-3-7-11-18)21(28)14-25-20(27)13-12-19(24-25)17-8-4-2-5-9-17/h2-13,15H,14H2,1H3. The van der Waals surface area contributed by atoms with E-state index in [1.807, 2.05) is 73.0 Å². The number of anilines is 2. The van der Waals surface area contributed by atoms with E-state index in [1.54, 1.807) is 6.07 Å². The molecule has 29 heavy (non-hydrogen) atoms. The number of amides is 1. The third kappa shape index (κ3) is 4.14. The Kier molecular flexibility index (Phi) is 5.31. The van der Waals surface area contributed by atoms with Crippen molar-refractivity contribution in [2.24, 2.45) is 0 Å². The minimum atomic E-state index is -0.332. The number of carbonyl (C=O) groups excluding carboxylic acids is 1. The van der Waals surface area contributed by atoms with Gasteiger partial charge in [-0.1, -0.05) is 48.5 Å². The second-order valence-corrected chi connectivity index (χ2v) is 7.25. The number of aromatic nitrogens is 3. The summed E-state index contributed by atoms with van der Waals surface area (Å²) in [6.07, 6.45) is 0. The minimum absolute atomic E-state index is 0.187. The first-order valence-electron chi connectivity index (χ1n) is 9.05. The van der Waals surface area contributed by atoms with Gasteiger partial charge in [-0.05, 0) is 25.1 Å². The number of hydrogen-bond acceptors (Lipinski definition) is 5. The van der Waals surface area contributed by atoms with Gasteiger partial charge in [-0.3, -0.25) is 14.5 Å². The van der Waals surface area contributed by atoms with Crippen LogP contribution in [0.2, 0.25) is 0 Å². The summed E-state index contributed by atoms with van der Waals surface area (Å²) >= 11 is 1.38. The molecule has 4 aromatic rings. The van der Waals surface area contributed by atoms with Crippen molar-refractivity contribution in [3.05, 3.63) is 94.2 Å². The molecular formula is C22H18N4O2S. The van der Waals surface area contributed by atoms with Crippen molar-refractivity contribution in [1.82, 2.24) is 14.8 Å². The number of thiazole rings is 1. The molecule has 0 N–H and O–H groups in total. The molecule has 144 valence electrons. The van der Waals surface area contributed by atoms with Gasteiger partial charge in [0.25, 0.3) is 11.5 Å². The Hall–Kier alpha value is -3.58. The first kappa shape index (κ1) is 18.8. The van der Waals surface area contributed by atoms with Gasteiger partial charge < -0.3 is 0 Å². The average Bonchev–Trinajstić information content (AvgIpc) is 3.17. The molecule has 0 saturated heterocycles. The number of para-hydroxylation sites is 1. The van der Waals surface area contributed by atoms with E-state index in [9.17, 15) is 9.59 Å². The van der Waals surface area contributed by atoms with Gasteiger partial charge >= 0.3 is 0 Å². The second kappa shape index (κ2) is 8.20. The van der Waals surface area contributed by atoms with Crippen LogP contribution in [0.15, 0.2) is 83.0 Å². The highest BCUT2D eigenvalue weighted by Crippen LogP contribution is 2.28. The molecule has 0 aliphatic carbocycles. The Morgan fingerprint density at radius 3 is 2.34 bits per heavy atom. The van der Waals surface area contributed by atoms with E-state index >= 15 is 0 Å². The normalized spacial score (nSPS) is 10.7. The zero-order valence-corrected chi connectivity index (χ0v) is 16.5. The van der Waals surface area contributed by atoms with Gasteiger partial charge in [0.2, 0.25) is 0 Å². The van der Waals surface area contributed by atoms with Crippen LogP contribution in [-0.4, -0.2) is 20.7 Å². The third-order valence-corrected chi connectivity index (χ3v) is 5.23. The van der Waals surface area contributed by atoms with Crippen LogP contribution in [-0.2, 0) is 11.3 Å². The largest absolute Gasteiger partial charge is 0.272 e. The molecule has 2 aromatic heterocycles. The van der Waals surface area contributed by atoms with Crippen LogP contribution in [0.5, 0.6) is 0 Å². The van der Waals surface area contributed by atoms with Gasteiger partial charge in [-0.25, -0.2) is 9.67 Å². The summed E-state index contributed by atoms with van der Waals surface area (Å²) in [4.78, 5) is 31.6. The van der Waals surface area contributed by atoms with Crippen molar-refractivity contribution in [3.63, 3.8) is 0 Å². The number of aryl methyl sites for hydroxylation is 1. The van der Waals surface area contributed by atoms with Crippen molar-refractivity contribution < 1.29 is 4.79 Å². The molecule has 1 amide bonds. The molecule has 2 heterocycles. The van der Waals surface area contributed by atoms with Crippen molar-refractivity contribution in [3.8, 4) is 11.3 Å². The van der Waals surface area contributed by atoms with Crippen LogP contribution in [0.4, 0.5) is 10.8 Å². The topological polar surface area (TPSA) is 68.1 Å². The van der Waals surface area contributed by atoms with Gasteiger partial charge in [-0.2, -0.15) is 5.10 Å². The van der Waals surface area contributed by atoms with E-state index in [1.165, 1.54) is 27.0 Å². The molecule has 0 atom stereocenters. The molecular weight excluding hydrogens is 384 g/mol. The molecule has 0 aliphatic rings. The van der Waals surface area contributed by atoms with E-state index in [-0.39, 0.29) is 18.0 Å². The highest BCUT2D eigenvalue weighted by atomic mass is 32.1. The molecule has 0 aliphatic heterocycles. The highest BCUT2D eigenvalue weighted by Gasteiger charge is 2.22. The van der Waals surface area contributed by atoms with Crippen LogP contribution in [0.25, 0.3) is 11.3 Å². The quantitative estimate of drug-likeness (QED) is 0.505. The lowest BCUT2D eigenvalue weighted by molar-refractivity contribution is -0.118. The van der Waals surface area contributed by atoms with Crippen molar-refractivity contribution in [1.29, 1.82) is 0 Å². The molecule has 4 rings (SSSR count). The maximum absolute atomic E-state index is 13.2. The predicted octanol–water partition coefficient (Wildman–Crippen LogP) is 4.04. The molecule has 6 nitrogen and oxygen atoms in total. The van der Waals surface area contributed by atoms with Crippen LogP contribution in [0.1, 0.15) is 5.69 Å². The van der Waals surface area contributed by atoms with E-state index in [0.29, 0.717) is 16.5 Å². The van der Waals surface area contributed by atoms with Crippen molar-refractivity contribution in [2.75, 3.05) is 4.90 Å². The van der Waals surface area contributed by atoms with Gasteiger partial charge in [0.1, 0.15) is 6.54 Å². The van der Waals surface area contributed by atoms with Crippen LogP contribution < -0.4 is 10.5 Å². The number of benzene rings is 2. The SMILES string of the molecule is Cc1csc(N(C(=O)Cn2nc(-c3ccccc3)ccc2=O)c2ccccc2)n1. The number of carbonyl (C=O) groups is 1. The Bertz CT molecular complexity index is 1190. The lowest BCUT2D eigenvalue weighted by Crippen LogP contribution is -2.34. The first-order valence-corrected chi connectivity index (χ1v) is 9.93. The Morgan fingerprint density at radius 1 is 1.00 bits per heavy atom. The van der Waals surface area contributed by atoms with Crippen LogP contribution in [0, 0.1) is 6.92 Å². The highest BCUT2D eigenvalue weighted by molar-refractivity contribution is 7.14. The number of rotatable bonds is 5. The molecule has 0 spiro atoms. The monoisotopic (exact) mass is 402 g/mol. The first-order chi connectivity index (χ1) is 14.1.